The van der Waals surface area contributed by atoms with Crippen LogP contribution in [0, 0.1) is 6.92 Å². The first kappa shape index (κ1) is 15.9. The summed E-state index contributed by atoms with van der Waals surface area (Å²) >= 11 is 0. The van der Waals surface area contributed by atoms with Crippen LogP contribution in [0.5, 0.6) is 0 Å². The maximum atomic E-state index is 12.9. The van der Waals surface area contributed by atoms with E-state index in [9.17, 15) is 9.59 Å². The first-order chi connectivity index (χ1) is 11.5. The smallest absolute Gasteiger partial charge is 0.310 e. The second-order valence-corrected chi connectivity index (χ2v) is 5.49. The van der Waals surface area contributed by atoms with Crippen LogP contribution < -0.4 is 5.56 Å². The molecular formula is C17H18N4O3. The zero-order valence-electron chi connectivity index (χ0n) is 13.8. The van der Waals surface area contributed by atoms with E-state index < -0.39 is 0 Å². The van der Waals surface area contributed by atoms with E-state index in [-0.39, 0.29) is 17.9 Å². The zero-order valence-corrected chi connectivity index (χ0v) is 13.8. The molecule has 0 atom stereocenters. The zero-order chi connectivity index (χ0) is 17.3. The van der Waals surface area contributed by atoms with Crippen molar-refractivity contribution in [1.29, 1.82) is 0 Å². The lowest BCUT2D eigenvalue weighted by Gasteiger charge is -2.10. The maximum absolute atomic E-state index is 12.9. The molecule has 0 bridgehead atoms. The molecule has 0 fully saturated rings. The van der Waals surface area contributed by atoms with Gasteiger partial charge in [0.05, 0.1) is 30.1 Å². The number of esters is 1. The number of nitrogens with zero attached hydrogens (tertiary/aromatic N) is 4. The number of hydrogen-bond donors (Lipinski definition) is 0. The SMILES string of the molecule is CCOC(=O)Cc1cnn(C)c1-n1cnc2c(C)cccc2c1=O. The van der Waals surface area contributed by atoms with Crippen molar-refractivity contribution in [2.24, 2.45) is 7.05 Å². The fourth-order valence-corrected chi connectivity index (χ4v) is 2.73. The molecule has 0 amide bonds. The third-order valence-corrected chi connectivity index (χ3v) is 3.84. The van der Waals surface area contributed by atoms with E-state index in [0.29, 0.717) is 28.9 Å². The van der Waals surface area contributed by atoms with Gasteiger partial charge >= 0.3 is 5.97 Å². The van der Waals surface area contributed by atoms with Gasteiger partial charge in [0, 0.05) is 12.6 Å². The van der Waals surface area contributed by atoms with Gasteiger partial charge in [0.25, 0.3) is 5.56 Å². The van der Waals surface area contributed by atoms with E-state index in [1.165, 1.54) is 10.9 Å². The van der Waals surface area contributed by atoms with Gasteiger partial charge in [0.2, 0.25) is 0 Å². The Morgan fingerprint density at radius 2 is 2.12 bits per heavy atom. The van der Waals surface area contributed by atoms with Crippen molar-refractivity contribution in [2.45, 2.75) is 20.3 Å². The van der Waals surface area contributed by atoms with Crippen LogP contribution >= 0.6 is 0 Å². The summed E-state index contributed by atoms with van der Waals surface area (Å²) in [6, 6.07) is 5.48. The van der Waals surface area contributed by atoms with Gasteiger partial charge in [-0.25, -0.2) is 4.98 Å². The number of ether oxygens (including phenoxy) is 1. The predicted octanol–water partition coefficient (Wildman–Crippen LogP) is 1.53. The third kappa shape index (κ3) is 2.68. The summed E-state index contributed by atoms with van der Waals surface area (Å²) in [7, 11) is 1.72. The van der Waals surface area contributed by atoms with Crippen molar-refractivity contribution in [2.75, 3.05) is 6.61 Å². The number of rotatable bonds is 4. The average Bonchev–Trinajstić information content (AvgIpc) is 2.89. The monoisotopic (exact) mass is 326 g/mol. The number of aryl methyl sites for hydroxylation is 2. The van der Waals surface area contributed by atoms with Crippen LogP contribution in [0.1, 0.15) is 18.1 Å². The standard InChI is InChI=1S/C17H18N4O3/c1-4-24-14(22)8-12-9-19-20(3)16(12)21-10-18-15-11(2)6-5-7-13(15)17(21)23/h5-7,9-10H,4,8H2,1-3H3. The molecule has 3 rings (SSSR count). The fraction of sp³-hybridized carbons (Fsp3) is 0.294. The molecule has 7 nitrogen and oxygen atoms in total. The normalized spacial score (nSPS) is 11.0. The van der Waals surface area contributed by atoms with Crippen LogP contribution in [-0.2, 0) is 23.0 Å². The molecule has 0 aliphatic heterocycles. The lowest BCUT2D eigenvalue weighted by molar-refractivity contribution is -0.142. The van der Waals surface area contributed by atoms with Gasteiger partial charge < -0.3 is 4.74 Å². The number of para-hydroxylation sites is 1. The summed E-state index contributed by atoms with van der Waals surface area (Å²) in [4.78, 5) is 29.0. The Hall–Kier alpha value is -2.96. The van der Waals surface area contributed by atoms with E-state index >= 15 is 0 Å². The number of benzene rings is 1. The van der Waals surface area contributed by atoms with Crippen LogP contribution in [0.15, 0.2) is 35.5 Å². The minimum absolute atomic E-state index is 0.0509. The molecule has 0 aliphatic carbocycles. The van der Waals surface area contributed by atoms with Crippen LogP contribution in [-0.4, -0.2) is 31.9 Å². The molecule has 0 spiro atoms. The van der Waals surface area contributed by atoms with Crippen LogP contribution in [0.4, 0.5) is 0 Å². The van der Waals surface area contributed by atoms with Crippen LogP contribution in [0.2, 0.25) is 0 Å². The summed E-state index contributed by atoms with van der Waals surface area (Å²) < 4.78 is 7.96. The minimum Gasteiger partial charge on any atom is -0.466 e. The van der Waals surface area contributed by atoms with Gasteiger partial charge in [-0.1, -0.05) is 12.1 Å². The summed E-state index contributed by atoms with van der Waals surface area (Å²) in [5.74, 6) is 0.161. The number of aromatic nitrogens is 4. The van der Waals surface area contributed by atoms with Gasteiger partial charge in [0.1, 0.15) is 12.1 Å². The van der Waals surface area contributed by atoms with Gasteiger partial charge in [-0.05, 0) is 25.5 Å². The molecule has 1 aromatic carbocycles. The molecule has 2 heterocycles. The highest BCUT2D eigenvalue weighted by Gasteiger charge is 2.17. The first-order valence-corrected chi connectivity index (χ1v) is 7.66. The van der Waals surface area contributed by atoms with Crippen LogP contribution in [0.25, 0.3) is 16.7 Å². The molecule has 0 saturated heterocycles. The second-order valence-electron chi connectivity index (χ2n) is 5.49. The van der Waals surface area contributed by atoms with E-state index in [1.54, 1.807) is 30.9 Å². The molecule has 7 heteroatoms. The first-order valence-electron chi connectivity index (χ1n) is 7.66. The maximum Gasteiger partial charge on any atom is 0.310 e. The number of hydrogen-bond acceptors (Lipinski definition) is 5. The van der Waals surface area contributed by atoms with E-state index in [2.05, 4.69) is 10.1 Å². The molecular weight excluding hydrogens is 308 g/mol. The number of carbonyl (C=O) groups excluding carboxylic acids is 1. The van der Waals surface area contributed by atoms with Gasteiger partial charge in [0.15, 0.2) is 0 Å². The highest BCUT2D eigenvalue weighted by Crippen LogP contribution is 2.16. The largest absolute Gasteiger partial charge is 0.466 e. The molecule has 0 unspecified atom stereocenters. The molecule has 0 radical (unpaired) electrons. The number of carbonyl (C=O) groups is 1. The lowest BCUT2D eigenvalue weighted by atomic mass is 10.1. The quantitative estimate of drug-likeness (QED) is 0.679. The Morgan fingerprint density at radius 3 is 2.88 bits per heavy atom. The molecule has 0 saturated carbocycles. The lowest BCUT2D eigenvalue weighted by Crippen LogP contribution is -2.23. The Morgan fingerprint density at radius 1 is 1.33 bits per heavy atom. The van der Waals surface area contributed by atoms with E-state index in [1.807, 2.05) is 19.1 Å². The van der Waals surface area contributed by atoms with Crippen molar-refractivity contribution in [1.82, 2.24) is 19.3 Å². The molecule has 0 aliphatic rings. The van der Waals surface area contributed by atoms with Crippen LogP contribution in [0.3, 0.4) is 0 Å². The summed E-state index contributed by atoms with van der Waals surface area (Å²) in [5, 5.41) is 4.69. The molecule has 24 heavy (non-hydrogen) atoms. The Balaban J connectivity index is 2.15. The van der Waals surface area contributed by atoms with Crippen molar-refractivity contribution >= 4 is 16.9 Å². The van der Waals surface area contributed by atoms with Crippen molar-refractivity contribution in [3.8, 4) is 5.82 Å². The summed E-state index contributed by atoms with van der Waals surface area (Å²) in [6.07, 6.45) is 3.10. The van der Waals surface area contributed by atoms with Crippen molar-refractivity contribution < 1.29 is 9.53 Å². The Kier molecular flexibility index (Phi) is 4.16. The molecule has 0 N–H and O–H groups in total. The minimum atomic E-state index is -0.357. The summed E-state index contributed by atoms with van der Waals surface area (Å²) in [6.45, 7) is 3.97. The van der Waals surface area contributed by atoms with Gasteiger partial charge in [-0.3, -0.25) is 18.8 Å². The highest BCUT2D eigenvalue weighted by atomic mass is 16.5. The Labute approximate surface area is 138 Å². The Bertz CT molecular complexity index is 972. The van der Waals surface area contributed by atoms with E-state index in [0.717, 1.165) is 5.56 Å². The van der Waals surface area contributed by atoms with Crippen molar-refractivity contribution in [3.05, 3.63) is 52.2 Å². The van der Waals surface area contributed by atoms with E-state index in [4.69, 9.17) is 4.74 Å². The molecule has 2 aromatic heterocycles. The number of fused-ring (bicyclic) bond motifs is 1. The third-order valence-electron chi connectivity index (χ3n) is 3.84. The average molecular weight is 326 g/mol. The highest BCUT2D eigenvalue weighted by molar-refractivity contribution is 5.81. The summed E-state index contributed by atoms with van der Waals surface area (Å²) in [5.41, 5.74) is 2.03. The fourth-order valence-electron chi connectivity index (χ4n) is 2.73. The molecule has 3 aromatic rings. The van der Waals surface area contributed by atoms with Crippen molar-refractivity contribution in [3.63, 3.8) is 0 Å². The topological polar surface area (TPSA) is 79.0 Å². The van der Waals surface area contributed by atoms with Gasteiger partial charge in [-0.2, -0.15) is 5.10 Å². The second kappa shape index (κ2) is 6.27. The van der Waals surface area contributed by atoms with Gasteiger partial charge in [-0.15, -0.1) is 0 Å². The predicted molar refractivity (Wildman–Crippen MR) is 89.2 cm³/mol. The molecule has 124 valence electrons.